The third-order valence-corrected chi connectivity index (χ3v) is 5.22. The van der Waals surface area contributed by atoms with Crippen molar-refractivity contribution in [2.75, 3.05) is 27.3 Å². The van der Waals surface area contributed by atoms with E-state index in [4.69, 9.17) is 21.1 Å². The van der Waals surface area contributed by atoms with E-state index in [0.29, 0.717) is 28.6 Å². The van der Waals surface area contributed by atoms with E-state index >= 15 is 0 Å². The Morgan fingerprint density at radius 3 is 2.37 bits per heavy atom. The first-order valence-electron chi connectivity index (χ1n) is 9.22. The number of hydrogen-bond donors (Lipinski definition) is 2. The highest BCUT2D eigenvalue weighted by atomic mass is 35.5. The summed E-state index contributed by atoms with van der Waals surface area (Å²) < 4.78 is 10.4. The summed E-state index contributed by atoms with van der Waals surface area (Å²) in [4.78, 5) is 14.1. The summed E-state index contributed by atoms with van der Waals surface area (Å²) in [6, 6.07) is 11.7. The number of amides is 1. The Labute approximate surface area is 165 Å². The Hall–Kier alpha value is -2.24. The molecule has 144 valence electrons. The number of ether oxygens (including phenoxy) is 2. The molecule has 1 fully saturated rings. The highest BCUT2D eigenvalue weighted by molar-refractivity contribution is 6.32. The topological polar surface area (TPSA) is 52.0 Å². The predicted molar refractivity (Wildman–Crippen MR) is 106 cm³/mol. The van der Waals surface area contributed by atoms with Gasteiger partial charge in [-0.1, -0.05) is 35.9 Å². The van der Waals surface area contributed by atoms with Crippen molar-refractivity contribution in [2.24, 2.45) is 0 Å². The van der Waals surface area contributed by atoms with E-state index in [0.717, 1.165) is 12.1 Å². The van der Waals surface area contributed by atoms with Crippen LogP contribution >= 0.6 is 11.6 Å². The summed E-state index contributed by atoms with van der Waals surface area (Å²) in [5.74, 6) is 0.652. The second-order valence-corrected chi connectivity index (χ2v) is 7.23. The van der Waals surface area contributed by atoms with Gasteiger partial charge in [0.25, 0.3) is 5.91 Å². The molecule has 3 rings (SSSR count). The van der Waals surface area contributed by atoms with Crippen molar-refractivity contribution in [3.8, 4) is 11.5 Å². The smallest absolute Gasteiger partial charge is 0.251 e. The molecule has 0 saturated carbocycles. The molecule has 1 amide bonds. The van der Waals surface area contributed by atoms with Gasteiger partial charge in [0.15, 0.2) is 11.5 Å². The largest absolute Gasteiger partial charge is 0.493 e. The number of likely N-dealkylation sites (tertiary alicyclic amines) is 1. The number of rotatable bonds is 7. The molecular formula is C21H26ClN2O3+. The Bertz CT molecular complexity index is 787. The third-order valence-electron chi connectivity index (χ3n) is 4.94. The summed E-state index contributed by atoms with van der Waals surface area (Å²) in [6.45, 7) is 4.08. The third kappa shape index (κ3) is 4.93. The minimum absolute atomic E-state index is 0.205. The molecule has 0 bridgehead atoms. The van der Waals surface area contributed by atoms with Crippen LogP contribution in [-0.2, 0) is 13.1 Å². The van der Waals surface area contributed by atoms with Crippen LogP contribution in [0.25, 0.3) is 0 Å². The molecule has 2 N–H and O–H groups in total. The Kier molecular flexibility index (Phi) is 6.58. The maximum atomic E-state index is 12.5. The molecule has 1 heterocycles. The van der Waals surface area contributed by atoms with Crippen molar-refractivity contribution in [3.63, 3.8) is 0 Å². The first-order valence-corrected chi connectivity index (χ1v) is 9.59. The van der Waals surface area contributed by atoms with Gasteiger partial charge in [0.05, 0.1) is 32.3 Å². The summed E-state index contributed by atoms with van der Waals surface area (Å²) >= 11 is 6.17. The van der Waals surface area contributed by atoms with E-state index in [1.54, 1.807) is 17.0 Å². The van der Waals surface area contributed by atoms with Gasteiger partial charge in [0, 0.05) is 30.5 Å². The van der Waals surface area contributed by atoms with Crippen molar-refractivity contribution < 1.29 is 19.2 Å². The molecule has 1 saturated heterocycles. The number of benzene rings is 2. The first kappa shape index (κ1) is 19.5. The normalized spacial score (nSPS) is 14.2. The van der Waals surface area contributed by atoms with Gasteiger partial charge in [0.2, 0.25) is 0 Å². The highest BCUT2D eigenvalue weighted by Gasteiger charge is 2.16. The lowest BCUT2D eigenvalue weighted by Gasteiger charge is -2.13. The van der Waals surface area contributed by atoms with E-state index in [9.17, 15) is 4.79 Å². The van der Waals surface area contributed by atoms with Crippen LogP contribution in [0.4, 0.5) is 0 Å². The van der Waals surface area contributed by atoms with Crippen LogP contribution in [0.15, 0.2) is 36.4 Å². The molecule has 0 aromatic heterocycles. The van der Waals surface area contributed by atoms with Crippen molar-refractivity contribution in [1.29, 1.82) is 0 Å². The molecule has 2 aromatic rings. The molecular weight excluding hydrogens is 364 g/mol. The van der Waals surface area contributed by atoms with Gasteiger partial charge in [-0.05, 0) is 17.7 Å². The molecule has 1 aliphatic rings. The number of quaternary nitrogens is 1. The second-order valence-electron chi connectivity index (χ2n) is 6.83. The fourth-order valence-electron chi connectivity index (χ4n) is 3.45. The van der Waals surface area contributed by atoms with Crippen molar-refractivity contribution in [2.45, 2.75) is 25.9 Å². The zero-order valence-electron chi connectivity index (χ0n) is 15.8. The SMILES string of the molecule is COc1cc(C(=O)NCc2ccc(C[NH+]3CCCC3)cc2)cc(Cl)c1OC. The van der Waals surface area contributed by atoms with Crippen LogP contribution in [0.3, 0.4) is 0 Å². The average molecular weight is 390 g/mol. The standard InChI is InChI=1S/C21H25ClN2O3/c1-26-19-12-17(11-18(22)20(19)27-2)21(25)23-13-15-5-7-16(8-6-15)14-24-9-3-4-10-24/h5-8,11-12H,3-4,9-10,13-14H2,1-2H3,(H,23,25)/p+1. The predicted octanol–water partition coefficient (Wildman–Crippen LogP) is 2.47. The van der Waals surface area contributed by atoms with Crippen LogP contribution in [0.2, 0.25) is 5.02 Å². The Morgan fingerprint density at radius 2 is 1.74 bits per heavy atom. The molecule has 1 aliphatic heterocycles. The monoisotopic (exact) mass is 389 g/mol. The lowest BCUT2D eigenvalue weighted by Crippen LogP contribution is -3.08. The van der Waals surface area contributed by atoms with Gasteiger partial charge >= 0.3 is 0 Å². The Balaban J connectivity index is 1.59. The van der Waals surface area contributed by atoms with Gasteiger partial charge in [-0.25, -0.2) is 0 Å². The fraction of sp³-hybridized carbons (Fsp3) is 0.381. The van der Waals surface area contributed by atoms with E-state index < -0.39 is 0 Å². The first-order chi connectivity index (χ1) is 13.1. The number of nitrogens with one attached hydrogen (secondary N) is 2. The maximum absolute atomic E-state index is 12.5. The lowest BCUT2D eigenvalue weighted by atomic mass is 10.1. The molecule has 0 radical (unpaired) electrons. The minimum Gasteiger partial charge on any atom is -0.493 e. The number of halogens is 1. The van der Waals surface area contributed by atoms with Gasteiger partial charge < -0.3 is 19.7 Å². The van der Waals surface area contributed by atoms with E-state index in [1.165, 1.54) is 45.7 Å². The van der Waals surface area contributed by atoms with Gasteiger partial charge in [-0.3, -0.25) is 4.79 Å². The van der Waals surface area contributed by atoms with Crippen LogP contribution in [-0.4, -0.2) is 33.2 Å². The number of hydrogen-bond acceptors (Lipinski definition) is 3. The molecule has 2 aromatic carbocycles. The quantitative estimate of drug-likeness (QED) is 0.764. The number of carbonyl (C=O) groups is 1. The molecule has 5 nitrogen and oxygen atoms in total. The Morgan fingerprint density at radius 1 is 1.07 bits per heavy atom. The van der Waals surface area contributed by atoms with E-state index in [2.05, 4.69) is 29.6 Å². The van der Waals surface area contributed by atoms with Gasteiger partial charge in [-0.15, -0.1) is 0 Å². The number of carbonyl (C=O) groups excluding carboxylic acids is 1. The van der Waals surface area contributed by atoms with Gasteiger partial charge in [0.1, 0.15) is 6.54 Å². The molecule has 0 unspecified atom stereocenters. The summed E-state index contributed by atoms with van der Waals surface area (Å²) in [6.07, 6.45) is 2.67. The van der Waals surface area contributed by atoms with Crippen molar-refractivity contribution in [1.82, 2.24) is 5.32 Å². The fourth-order valence-corrected chi connectivity index (χ4v) is 3.74. The summed E-state index contributed by atoms with van der Waals surface area (Å²) in [7, 11) is 3.03. The lowest BCUT2D eigenvalue weighted by molar-refractivity contribution is -0.901. The average Bonchev–Trinajstić information content (AvgIpc) is 3.19. The molecule has 6 heteroatoms. The van der Waals surface area contributed by atoms with Crippen LogP contribution < -0.4 is 19.7 Å². The maximum Gasteiger partial charge on any atom is 0.251 e. The highest BCUT2D eigenvalue weighted by Crippen LogP contribution is 2.35. The zero-order chi connectivity index (χ0) is 19.2. The van der Waals surface area contributed by atoms with Crippen LogP contribution in [0.1, 0.15) is 34.3 Å². The van der Waals surface area contributed by atoms with E-state index in [1.807, 2.05) is 0 Å². The molecule has 27 heavy (non-hydrogen) atoms. The summed E-state index contributed by atoms with van der Waals surface area (Å²) in [5.41, 5.74) is 2.84. The number of methoxy groups -OCH3 is 2. The van der Waals surface area contributed by atoms with Crippen molar-refractivity contribution >= 4 is 17.5 Å². The van der Waals surface area contributed by atoms with Gasteiger partial charge in [-0.2, -0.15) is 0 Å². The summed E-state index contributed by atoms with van der Waals surface area (Å²) in [5, 5.41) is 3.27. The van der Waals surface area contributed by atoms with Crippen LogP contribution in [0.5, 0.6) is 11.5 Å². The zero-order valence-corrected chi connectivity index (χ0v) is 16.6. The van der Waals surface area contributed by atoms with Crippen LogP contribution in [0, 0.1) is 0 Å². The van der Waals surface area contributed by atoms with Crippen molar-refractivity contribution in [3.05, 3.63) is 58.1 Å². The van der Waals surface area contributed by atoms with E-state index in [-0.39, 0.29) is 5.91 Å². The molecule has 0 aliphatic carbocycles. The molecule has 0 spiro atoms. The minimum atomic E-state index is -0.205. The molecule has 0 atom stereocenters. The second kappa shape index (κ2) is 9.11.